The zero-order valence-corrected chi connectivity index (χ0v) is 12.9. The van der Waals surface area contributed by atoms with Gasteiger partial charge in [-0.1, -0.05) is 26.0 Å². The summed E-state index contributed by atoms with van der Waals surface area (Å²) in [6.45, 7) is 4.50. The quantitative estimate of drug-likeness (QED) is 0.807. The zero-order chi connectivity index (χ0) is 15.2. The van der Waals surface area contributed by atoms with Crippen molar-refractivity contribution in [2.24, 2.45) is 0 Å². The molecule has 0 atom stereocenters. The van der Waals surface area contributed by atoms with Crippen LogP contribution < -0.4 is 4.74 Å². The van der Waals surface area contributed by atoms with Crippen molar-refractivity contribution in [3.8, 4) is 11.8 Å². The van der Waals surface area contributed by atoms with Gasteiger partial charge in [-0.3, -0.25) is 0 Å². The largest absolute Gasteiger partial charge is 0.490 e. The highest BCUT2D eigenvalue weighted by atomic mass is 32.1. The van der Waals surface area contributed by atoms with Gasteiger partial charge in [-0.25, -0.2) is 9.37 Å². The van der Waals surface area contributed by atoms with Crippen LogP contribution in [-0.4, -0.2) is 11.6 Å². The van der Waals surface area contributed by atoms with Crippen LogP contribution in [0.4, 0.5) is 4.39 Å². The minimum absolute atomic E-state index is 0.260. The number of para-hydroxylation sites is 1. The molecule has 0 amide bonds. The van der Waals surface area contributed by atoms with Gasteiger partial charge in [0.25, 0.3) is 0 Å². The van der Waals surface area contributed by atoms with Gasteiger partial charge in [0, 0.05) is 11.3 Å². The van der Waals surface area contributed by atoms with Crippen LogP contribution in [0.3, 0.4) is 0 Å². The molecule has 110 valence electrons. The molecular weight excluding hydrogens is 287 g/mol. The minimum Gasteiger partial charge on any atom is -0.490 e. The number of rotatable bonds is 6. The second kappa shape index (κ2) is 7.19. The predicted molar refractivity (Wildman–Crippen MR) is 81.1 cm³/mol. The third kappa shape index (κ3) is 4.02. The molecule has 2 aromatic rings. The average molecular weight is 304 g/mol. The summed E-state index contributed by atoms with van der Waals surface area (Å²) in [5.41, 5.74) is 0.988. The lowest BCUT2D eigenvalue weighted by molar-refractivity contribution is 0.305. The van der Waals surface area contributed by atoms with E-state index in [1.807, 2.05) is 0 Å². The van der Waals surface area contributed by atoms with Crippen molar-refractivity contribution in [3.05, 3.63) is 45.7 Å². The first-order valence-corrected chi connectivity index (χ1v) is 7.66. The monoisotopic (exact) mass is 304 g/mol. The van der Waals surface area contributed by atoms with Crippen molar-refractivity contribution >= 4 is 11.3 Å². The molecule has 3 nitrogen and oxygen atoms in total. The SMILES string of the molecule is CC(C)c1nc(CCOc2ccccc2F)sc1CC#N. The first kappa shape index (κ1) is 15.5. The summed E-state index contributed by atoms with van der Waals surface area (Å²) in [4.78, 5) is 5.60. The fourth-order valence-electron chi connectivity index (χ4n) is 1.98. The van der Waals surface area contributed by atoms with E-state index in [1.165, 1.54) is 6.07 Å². The number of benzene rings is 1. The van der Waals surface area contributed by atoms with Gasteiger partial charge in [0.15, 0.2) is 11.6 Å². The molecule has 1 heterocycles. The summed E-state index contributed by atoms with van der Waals surface area (Å²) < 4.78 is 18.9. The summed E-state index contributed by atoms with van der Waals surface area (Å²) in [5.74, 6) is 0.200. The van der Waals surface area contributed by atoms with Crippen LogP contribution in [-0.2, 0) is 12.8 Å². The number of hydrogen-bond acceptors (Lipinski definition) is 4. The van der Waals surface area contributed by atoms with Crippen LogP contribution in [0.1, 0.15) is 35.3 Å². The predicted octanol–water partition coefficient (Wildman–Crippen LogP) is 4.09. The maximum Gasteiger partial charge on any atom is 0.165 e. The molecule has 0 saturated carbocycles. The molecule has 0 spiro atoms. The summed E-state index contributed by atoms with van der Waals surface area (Å²) in [5, 5.41) is 9.78. The lowest BCUT2D eigenvalue weighted by Crippen LogP contribution is -2.02. The van der Waals surface area contributed by atoms with E-state index in [1.54, 1.807) is 29.5 Å². The first-order valence-electron chi connectivity index (χ1n) is 6.84. The molecule has 1 aromatic carbocycles. The van der Waals surface area contributed by atoms with E-state index in [4.69, 9.17) is 10.00 Å². The summed E-state index contributed by atoms with van der Waals surface area (Å²) >= 11 is 1.54. The Kier molecular flexibility index (Phi) is 5.29. The van der Waals surface area contributed by atoms with Crippen molar-refractivity contribution in [1.82, 2.24) is 4.98 Å². The maximum atomic E-state index is 13.4. The molecule has 5 heteroatoms. The van der Waals surface area contributed by atoms with Crippen LogP contribution in [0, 0.1) is 17.1 Å². The molecule has 0 bridgehead atoms. The smallest absolute Gasteiger partial charge is 0.165 e. The highest BCUT2D eigenvalue weighted by Crippen LogP contribution is 2.26. The Labute approximate surface area is 128 Å². The van der Waals surface area contributed by atoms with E-state index in [0.29, 0.717) is 25.4 Å². The van der Waals surface area contributed by atoms with Gasteiger partial charge in [0.1, 0.15) is 0 Å². The highest BCUT2D eigenvalue weighted by molar-refractivity contribution is 7.11. The topological polar surface area (TPSA) is 45.9 Å². The Balaban J connectivity index is 1.99. The number of halogens is 1. The molecule has 1 aromatic heterocycles. The number of nitriles is 1. The Morgan fingerprint density at radius 2 is 2.14 bits per heavy atom. The van der Waals surface area contributed by atoms with Gasteiger partial charge in [0.05, 0.1) is 29.8 Å². The van der Waals surface area contributed by atoms with Gasteiger partial charge in [-0.15, -0.1) is 11.3 Å². The summed E-state index contributed by atoms with van der Waals surface area (Å²) in [6, 6.07) is 8.53. The first-order chi connectivity index (χ1) is 10.1. The van der Waals surface area contributed by atoms with Crippen molar-refractivity contribution in [3.63, 3.8) is 0 Å². The fraction of sp³-hybridized carbons (Fsp3) is 0.375. The van der Waals surface area contributed by atoms with Crippen molar-refractivity contribution in [1.29, 1.82) is 5.26 Å². The normalized spacial score (nSPS) is 10.6. The van der Waals surface area contributed by atoms with E-state index >= 15 is 0 Å². The van der Waals surface area contributed by atoms with E-state index in [0.717, 1.165) is 15.6 Å². The third-order valence-corrected chi connectivity index (χ3v) is 4.10. The van der Waals surface area contributed by atoms with Crippen molar-refractivity contribution < 1.29 is 9.13 Å². The molecule has 0 aliphatic carbocycles. The van der Waals surface area contributed by atoms with Crippen LogP contribution in [0.5, 0.6) is 5.75 Å². The van der Waals surface area contributed by atoms with E-state index < -0.39 is 0 Å². The Morgan fingerprint density at radius 3 is 2.81 bits per heavy atom. The van der Waals surface area contributed by atoms with Gasteiger partial charge in [0.2, 0.25) is 0 Å². The fourth-order valence-corrected chi connectivity index (χ4v) is 3.12. The Morgan fingerprint density at radius 1 is 1.38 bits per heavy atom. The van der Waals surface area contributed by atoms with E-state index in [-0.39, 0.29) is 11.6 Å². The summed E-state index contributed by atoms with van der Waals surface area (Å²) in [7, 11) is 0. The molecule has 0 aliphatic rings. The van der Waals surface area contributed by atoms with Gasteiger partial charge in [-0.05, 0) is 18.1 Å². The molecule has 0 aliphatic heterocycles. The Hall–Kier alpha value is -1.93. The number of hydrogen-bond donors (Lipinski definition) is 0. The lowest BCUT2D eigenvalue weighted by Gasteiger charge is -2.05. The molecule has 0 unspecified atom stereocenters. The molecule has 0 saturated heterocycles. The number of thiazole rings is 1. The molecule has 0 fully saturated rings. The number of aromatic nitrogens is 1. The number of ether oxygens (including phenoxy) is 1. The third-order valence-electron chi connectivity index (χ3n) is 2.97. The van der Waals surface area contributed by atoms with E-state index in [9.17, 15) is 4.39 Å². The van der Waals surface area contributed by atoms with Crippen LogP contribution >= 0.6 is 11.3 Å². The summed E-state index contributed by atoms with van der Waals surface area (Å²) in [6.07, 6.45) is 1.00. The molecule has 2 rings (SSSR count). The van der Waals surface area contributed by atoms with Crippen LogP contribution in [0.15, 0.2) is 24.3 Å². The standard InChI is InChI=1S/C16H17FN2OS/c1-11(2)16-14(7-9-18)21-15(19-16)8-10-20-13-6-4-3-5-12(13)17/h3-6,11H,7-8,10H2,1-2H3. The Bertz CT molecular complexity index is 646. The van der Waals surface area contributed by atoms with Crippen molar-refractivity contribution in [2.45, 2.75) is 32.6 Å². The number of nitrogens with zero attached hydrogens (tertiary/aromatic N) is 2. The lowest BCUT2D eigenvalue weighted by atomic mass is 10.1. The molecule has 0 radical (unpaired) electrons. The molecule has 21 heavy (non-hydrogen) atoms. The maximum absolute atomic E-state index is 13.4. The second-order valence-electron chi connectivity index (χ2n) is 4.93. The van der Waals surface area contributed by atoms with Crippen molar-refractivity contribution in [2.75, 3.05) is 6.61 Å². The average Bonchev–Trinajstić information content (AvgIpc) is 2.85. The second-order valence-corrected chi connectivity index (χ2v) is 6.10. The van der Waals surface area contributed by atoms with Gasteiger partial charge >= 0.3 is 0 Å². The van der Waals surface area contributed by atoms with E-state index in [2.05, 4.69) is 24.9 Å². The molecule has 0 N–H and O–H groups in total. The minimum atomic E-state index is -0.357. The zero-order valence-electron chi connectivity index (χ0n) is 12.1. The molecular formula is C16H17FN2OS. The van der Waals surface area contributed by atoms with Crippen LogP contribution in [0.25, 0.3) is 0 Å². The highest BCUT2D eigenvalue weighted by Gasteiger charge is 2.14. The van der Waals surface area contributed by atoms with Gasteiger partial charge < -0.3 is 4.74 Å². The van der Waals surface area contributed by atoms with Crippen LogP contribution in [0.2, 0.25) is 0 Å². The van der Waals surface area contributed by atoms with Gasteiger partial charge in [-0.2, -0.15) is 5.26 Å².